The van der Waals surface area contributed by atoms with Crippen molar-refractivity contribution in [2.75, 3.05) is 0 Å². The predicted molar refractivity (Wildman–Crippen MR) is 45.9 cm³/mol. The van der Waals surface area contributed by atoms with Crippen LogP contribution >= 0.6 is 0 Å². The van der Waals surface area contributed by atoms with Crippen molar-refractivity contribution in [1.82, 2.24) is 9.78 Å². The van der Waals surface area contributed by atoms with Gasteiger partial charge in [-0.3, -0.25) is 4.68 Å². The van der Waals surface area contributed by atoms with Crippen molar-refractivity contribution in [2.45, 2.75) is 6.92 Å². The summed E-state index contributed by atoms with van der Waals surface area (Å²) in [7, 11) is 1.77. The van der Waals surface area contributed by atoms with E-state index in [9.17, 15) is 0 Å². The number of nitriles is 1. The summed E-state index contributed by atoms with van der Waals surface area (Å²) in [5.41, 5.74) is 7.74. The topological polar surface area (TPSA) is 67.6 Å². The Morgan fingerprint density at radius 1 is 1.75 bits per heavy atom. The molecule has 0 aliphatic rings. The van der Waals surface area contributed by atoms with Gasteiger partial charge >= 0.3 is 0 Å². The smallest absolute Gasteiger partial charge is 0.172 e. The second-order valence-corrected chi connectivity index (χ2v) is 2.57. The molecule has 0 spiro atoms. The molecule has 1 aromatic rings. The first-order chi connectivity index (χ1) is 5.57. The number of aromatic nitrogens is 2. The van der Waals surface area contributed by atoms with Crippen LogP contribution in [0.4, 0.5) is 0 Å². The Bertz CT molecular complexity index is 367. The maximum atomic E-state index is 8.68. The summed E-state index contributed by atoms with van der Waals surface area (Å²) in [5, 5.41) is 12.6. The van der Waals surface area contributed by atoms with Crippen molar-refractivity contribution in [3.63, 3.8) is 0 Å². The van der Waals surface area contributed by atoms with E-state index in [1.165, 1.54) is 0 Å². The Kier molecular flexibility index (Phi) is 1.88. The lowest BCUT2D eigenvalue weighted by atomic mass is 10.1. The van der Waals surface area contributed by atoms with Gasteiger partial charge in [0.25, 0.3) is 0 Å². The lowest BCUT2D eigenvalue weighted by Crippen LogP contribution is -1.98. The van der Waals surface area contributed by atoms with Crippen molar-refractivity contribution in [1.29, 1.82) is 5.26 Å². The normalized spacial score (nSPS) is 9.42. The van der Waals surface area contributed by atoms with E-state index in [0.717, 1.165) is 5.69 Å². The molecule has 0 fully saturated rings. The van der Waals surface area contributed by atoms with E-state index in [0.29, 0.717) is 17.0 Å². The number of rotatable bonds is 1. The van der Waals surface area contributed by atoms with Gasteiger partial charge in [-0.15, -0.1) is 0 Å². The third-order valence-corrected chi connectivity index (χ3v) is 1.76. The van der Waals surface area contributed by atoms with Crippen molar-refractivity contribution in [3.05, 3.63) is 23.5 Å². The number of nitrogens with two attached hydrogens (primary N) is 1. The van der Waals surface area contributed by atoms with E-state index >= 15 is 0 Å². The molecule has 12 heavy (non-hydrogen) atoms. The van der Waals surface area contributed by atoms with E-state index in [2.05, 4.69) is 11.7 Å². The van der Waals surface area contributed by atoms with Crippen LogP contribution in [0, 0.1) is 18.3 Å². The van der Waals surface area contributed by atoms with Crippen molar-refractivity contribution in [3.8, 4) is 6.07 Å². The van der Waals surface area contributed by atoms with Crippen LogP contribution in [0.3, 0.4) is 0 Å². The van der Waals surface area contributed by atoms with Crippen LogP contribution in [0.5, 0.6) is 0 Å². The van der Waals surface area contributed by atoms with Gasteiger partial charge in [0.15, 0.2) is 5.69 Å². The molecule has 0 unspecified atom stereocenters. The Hall–Kier alpha value is -1.76. The van der Waals surface area contributed by atoms with E-state index in [-0.39, 0.29) is 0 Å². The molecular weight excluding hydrogens is 152 g/mol. The molecule has 1 aromatic heterocycles. The van der Waals surface area contributed by atoms with Gasteiger partial charge in [0, 0.05) is 18.4 Å². The van der Waals surface area contributed by atoms with Gasteiger partial charge in [-0.2, -0.15) is 10.4 Å². The summed E-state index contributed by atoms with van der Waals surface area (Å²) in [4.78, 5) is 0. The van der Waals surface area contributed by atoms with Crippen LogP contribution < -0.4 is 5.73 Å². The van der Waals surface area contributed by atoms with Gasteiger partial charge in [0.2, 0.25) is 0 Å². The summed E-state index contributed by atoms with van der Waals surface area (Å²) in [6.45, 7) is 5.43. The summed E-state index contributed by atoms with van der Waals surface area (Å²) in [5.74, 6) is 0. The third-order valence-electron chi connectivity index (χ3n) is 1.76. The molecule has 0 amide bonds. The molecule has 0 atom stereocenters. The van der Waals surface area contributed by atoms with Crippen LogP contribution in [0.2, 0.25) is 0 Å². The second-order valence-electron chi connectivity index (χ2n) is 2.57. The fourth-order valence-corrected chi connectivity index (χ4v) is 1.07. The number of hydrogen-bond donors (Lipinski definition) is 1. The van der Waals surface area contributed by atoms with Gasteiger partial charge in [-0.05, 0) is 6.92 Å². The highest BCUT2D eigenvalue weighted by Gasteiger charge is 2.12. The lowest BCUT2D eigenvalue weighted by molar-refractivity contribution is 0.736. The Balaban J connectivity index is 3.44. The molecule has 1 heterocycles. The minimum absolute atomic E-state index is 0.336. The molecule has 2 N–H and O–H groups in total. The maximum Gasteiger partial charge on any atom is 0.172 e. The van der Waals surface area contributed by atoms with Crippen molar-refractivity contribution < 1.29 is 0 Å². The van der Waals surface area contributed by atoms with Crippen LogP contribution in [-0.2, 0) is 7.05 Å². The highest BCUT2D eigenvalue weighted by Crippen LogP contribution is 2.16. The van der Waals surface area contributed by atoms with Gasteiger partial charge in [-0.1, -0.05) is 6.58 Å². The molecule has 62 valence electrons. The van der Waals surface area contributed by atoms with Crippen molar-refractivity contribution >= 4 is 5.70 Å². The Labute approximate surface area is 70.9 Å². The standard InChI is InChI=1S/C8H10N4/c1-5(10)8-6(2)12(3)11-7(8)4-9/h1,10H2,2-3H3. The molecule has 4 nitrogen and oxygen atoms in total. The third kappa shape index (κ3) is 1.05. The van der Waals surface area contributed by atoms with Crippen LogP contribution in [0.1, 0.15) is 17.0 Å². The predicted octanol–water partition coefficient (Wildman–Crippen LogP) is 0.530. The summed E-state index contributed by atoms with van der Waals surface area (Å²) < 4.78 is 1.62. The van der Waals surface area contributed by atoms with Crippen LogP contribution in [0.25, 0.3) is 5.70 Å². The molecule has 0 aromatic carbocycles. The molecule has 0 bridgehead atoms. The first kappa shape index (κ1) is 8.34. The number of hydrogen-bond acceptors (Lipinski definition) is 3. The minimum atomic E-state index is 0.336. The molecule has 0 aliphatic heterocycles. The molecule has 4 heteroatoms. The molecule has 1 rings (SSSR count). The molecule has 0 radical (unpaired) electrons. The van der Waals surface area contributed by atoms with Crippen LogP contribution in [-0.4, -0.2) is 9.78 Å². The van der Waals surface area contributed by atoms with Crippen LogP contribution in [0.15, 0.2) is 6.58 Å². The zero-order chi connectivity index (χ0) is 9.30. The zero-order valence-corrected chi connectivity index (χ0v) is 7.13. The van der Waals surface area contributed by atoms with Gasteiger partial charge in [0.1, 0.15) is 6.07 Å². The largest absolute Gasteiger partial charge is 0.399 e. The summed E-state index contributed by atoms with van der Waals surface area (Å²) >= 11 is 0. The lowest BCUT2D eigenvalue weighted by Gasteiger charge is -1.97. The quantitative estimate of drug-likeness (QED) is 0.655. The SMILES string of the molecule is C=C(N)c1c(C#N)nn(C)c1C. The van der Waals surface area contributed by atoms with E-state index in [4.69, 9.17) is 11.0 Å². The van der Waals surface area contributed by atoms with Gasteiger partial charge in [-0.25, -0.2) is 0 Å². The zero-order valence-electron chi connectivity index (χ0n) is 7.13. The fraction of sp³-hybridized carbons (Fsp3) is 0.250. The monoisotopic (exact) mass is 162 g/mol. The highest BCUT2D eigenvalue weighted by molar-refractivity contribution is 5.66. The fourth-order valence-electron chi connectivity index (χ4n) is 1.07. The van der Waals surface area contributed by atoms with Gasteiger partial charge in [0.05, 0.1) is 5.56 Å². The number of nitrogens with zero attached hydrogens (tertiary/aromatic N) is 3. The molecule has 0 aliphatic carbocycles. The number of aryl methyl sites for hydroxylation is 1. The average molecular weight is 162 g/mol. The first-order valence-corrected chi connectivity index (χ1v) is 3.46. The van der Waals surface area contributed by atoms with Crippen molar-refractivity contribution in [2.24, 2.45) is 12.8 Å². The molecule has 0 saturated heterocycles. The maximum absolute atomic E-state index is 8.68. The average Bonchev–Trinajstić information content (AvgIpc) is 2.28. The molecular formula is C8H10N4. The van der Waals surface area contributed by atoms with E-state index < -0.39 is 0 Å². The minimum Gasteiger partial charge on any atom is -0.399 e. The first-order valence-electron chi connectivity index (χ1n) is 3.46. The second kappa shape index (κ2) is 2.70. The molecule has 0 saturated carbocycles. The highest BCUT2D eigenvalue weighted by atomic mass is 15.3. The van der Waals surface area contributed by atoms with Gasteiger partial charge < -0.3 is 5.73 Å². The van der Waals surface area contributed by atoms with E-state index in [1.54, 1.807) is 11.7 Å². The Morgan fingerprint density at radius 2 is 2.33 bits per heavy atom. The van der Waals surface area contributed by atoms with E-state index in [1.807, 2.05) is 13.0 Å². The summed E-state index contributed by atoms with van der Waals surface area (Å²) in [6, 6.07) is 1.97. The summed E-state index contributed by atoms with van der Waals surface area (Å²) in [6.07, 6.45) is 0. The Morgan fingerprint density at radius 3 is 2.67 bits per heavy atom.